The highest BCUT2D eigenvalue weighted by Gasteiger charge is 2.73. The fraction of sp³-hybridized carbons (Fsp3) is 0.467. The maximum atomic E-state index is 10.7. The molecule has 1 aromatic carbocycles. The van der Waals surface area contributed by atoms with Crippen molar-refractivity contribution < 1.29 is 15.3 Å². The van der Waals surface area contributed by atoms with Crippen molar-refractivity contribution in [3.8, 4) is 11.5 Å². The standard InChI is InChI=1S/C15H18O3/c1-9-5-6-11(16)13(17)12(9)14-7-3-4-8-15(14,18)10(14)2/h5-6,16-18H,2-4,7-8H2,1H3. The second-order valence-corrected chi connectivity index (χ2v) is 5.58. The Labute approximate surface area is 106 Å². The smallest absolute Gasteiger partial charge is 0.161 e. The van der Waals surface area contributed by atoms with Crippen LogP contribution in [-0.2, 0) is 5.41 Å². The van der Waals surface area contributed by atoms with Gasteiger partial charge in [0, 0.05) is 5.56 Å². The van der Waals surface area contributed by atoms with Gasteiger partial charge in [0.05, 0.1) is 11.0 Å². The van der Waals surface area contributed by atoms with Gasteiger partial charge in [0.2, 0.25) is 0 Å². The second-order valence-electron chi connectivity index (χ2n) is 5.58. The number of hydrogen-bond acceptors (Lipinski definition) is 3. The SMILES string of the molecule is C=C1C2(O)CCCCC12c1c(C)ccc(O)c1O. The van der Waals surface area contributed by atoms with E-state index in [0.717, 1.165) is 30.4 Å². The highest BCUT2D eigenvalue weighted by molar-refractivity contribution is 5.68. The summed E-state index contributed by atoms with van der Waals surface area (Å²) in [6.45, 7) is 5.89. The average molecular weight is 246 g/mol. The fourth-order valence-corrected chi connectivity index (χ4v) is 3.77. The zero-order valence-corrected chi connectivity index (χ0v) is 10.5. The number of phenolic OH excluding ortho intramolecular Hbond substituents is 2. The molecule has 0 amide bonds. The van der Waals surface area contributed by atoms with Crippen LogP contribution in [0.4, 0.5) is 0 Å². The molecule has 0 aliphatic heterocycles. The lowest BCUT2D eigenvalue weighted by atomic mass is 9.78. The molecular formula is C15H18O3. The third-order valence-corrected chi connectivity index (χ3v) is 4.79. The topological polar surface area (TPSA) is 60.7 Å². The van der Waals surface area contributed by atoms with Crippen molar-refractivity contribution in [2.45, 2.75) is 43.6 Å². The molecule has 0 aromatic heterocycles. The largest absolute Gasteiger partial charge is 0.504 e. The molecule has 96 valence electrons. The number of phenols is 2. The highest BCUT2D eigenvalue weighted by Crippen LogP contribution is 2.71. The molecule has 0 heterocycles. The maximum Gasteiger partial charge on any atom is 0.161 e. The molecular weight excluding hydrogens is 228 g/mol. The van der Waals surface area contributed by atoms with Crippen molar-refractivity contribution in [3.05, 3.63) is 35.4 Å². The summed E-state index contributed by atoms with van der Waals surface area (Å²) in [6.07, 6.45) is 3.48. The van der Waals surface area contributed by atoms with Gasteiger partial charge in [-0.15, -0.1) is 0 Å². The van der Waals surface area contributed by atoms with Crippen LogP contribution in [0.3, 0.4) is 0 Å². The summed E-state index contributed by atoms with van der Waals surface area (Å²) in [7, 11) is 0. The Morgan fingerprint density at radius 2 is 1.83 bits per heavy atom. The second kappa shape index (κ2) is 3.29. The first-order valence-electron chi connectivity index (χ1n) is 6.39. The van der Waals surface area contributed by atoms with Gasteiger partial charge in [-0.05, 0) is 37.0 Å². The van der Waals surface area contributed by atoms with Crippen LogP contribution in [-0.4, -0.2) is 20.9 Å². The number of benzene rings is 1. The molecule has 2 fully saturated rings. The van der Waals surface area contributed by atoms with Gasteiger partial charge in [-0.25, -0.2) is 0 Å². The quantitative estimate of drug-likeness (QED) is 0.527. The van der Waals surface area contributed by atoms with E-state index in [0.29, 0.717) is 12.0 Å². The Balaban J connectivity index is 2.22. The van der Waals surface area contributed by atoms with Gasteiger partial charge in [-0.2, -0.15) is 0 Å². The van der Waals surface area contributed by atoms with Gasteiger partial charge >= 0.3 is 0 Å². The van der Waals surface area contributed by atoms with Gasteiger partial charge in [0.1, 0.15) is 0 Å². The predicted molar refractivity (Wildman–Crippen MR) is 68.7 cm³/mol. The van der Waals surface area contributed by atoms with E-state index in [4.69, 9.17) is 0 Å². The number of aryl methyl sites for hydroxylation is 1. The first-order valence-corrected chi connectivity index (χ1v) is 6.39. The van der Waals surface area contributed by atoms with E-state index in [-0.39, 0.29) is 11.5 Å². The Bertz CT molecular complexity index is 549. The number of aliphatic hydroxyl groups is 1. The van der Waals surface area contributed by atoms with Crippen molar-refractivity contribution in [1.29, 1.82) is 0 Å². The van der Waals surface area contributed by atoms with Crippen LogP contribution in [0.15, 0.2) is 24.3 Å². The van der Waals surface area contributed by atoms with E-state index in [1.54, 1.807) is 6.07 Å². The number of aromatic hydroxyl groups is 2. The molecule has 0 radical (unpaired) electrons. The molecule has 1 aromatic rings. The van der Waals surface area contributed by atoms with E-state index < -0.39 is 11.0 Å². The Morgan fingerprint density at radius 3 is 2.50 bits per heavy atom. The van der Waals surface area contributed by atoms with Crippen molar-refractivity contribution in [2.75, 3.05) is 0 Å². The minimum absolute atomic E-state index is 0.103. The van der Waals surface area contributed by atoms with Crippen LogP contribution in [0.5, 0.6) is 11.5 Å². The number of hydrogen-bond donors (Lipinski definition) is 3. The van der Waals surface area contributed by atoms with Crippen LogP contribution in [0.2, 0.25) is 0 Å². The van der Waals surface area contributed by atoms with Crippen LogP contribution in [0.25, 0.3) is 0 Å². The Hall–Kier alpha value is -1.48. The Kier molecular flexibility index (Phi) is 2.12. The molecule has 2 aliphatic carbocycles. The third kappa shape index (κ3) is 1.08. The fourth-order valence-electron chi connectivity index (χ4n) is 3.77. The zero-order valence-electron chi connectivity index (χ0n) is 10.5. The van der Waals surface area contributed by atoms with Crippen molar-refractivity contribution in [3.63, 3.8) is 0 Å². The van der Waals surface area contributed by atoms with E-state index in [9.17, 15) is 15.3 Å². The maximum absolute atomic E-state index is 10.7. The van der Waals surface area contributed by atoms with Crippen LogP contribution in [0, 0.1) is 6.92 Å². The molecule has 0 spiro atoms. The molecule has 3 heteroatoms. The summed E-state index contributed by atoms with van der Waals surface area (Å²) in [5.74, 6) is -0.230. The predicted octanol–water partition coefficient (Wildman–Crippen LogP) is 2.52. The molecule has 3 rings (SSSR count). The first-order chi connectivity index (χ1) is 8.45. The van der Waals surface area contributed by atoms with E-state index in [2.05, 4.69) is 6.58 Å². The lowest BCUT2D eigenvalue weighted by molar-refractivity contribution is 0.0933. The normalized spacial score (nSPS) is 34.2. The van der Waals surface area contributed by atoms with Gasteiger partial charge in [-0.1, -0.05) is 25.5 Å². The average Bonchev–Trinajstić information content (AvgIpc) is 2.84. The van der Waals surface area contributed by atoms with Crippen molar-refractivity contribution in [1.82, 2.24) is 0 Å². The van der Waals surface area contributed by atoms with E-state index in [1.165, 1.54) is 6.07 Å². The lowest BCUT2D eigenvalue weighted by Crippen LogP contribution is -2.28. The third-order valence-electron chi connectivity index (χ3n) is 4.79. The van der Waals surface area contributed by atoms with Crippen molar-refractivity contribution in [2.24, 2.45) is 0 Å². The summed E-state index contributed by atoms with van der Waals surface area (Å²) < 4.78 is 0. The van der Waals surface area contributed by atoms with Crippen LogP contribution < -0.4 is 0 Å². The molecule has 3 nitrogen and oxygen atoms in total. The first kappa shape index (κ1) is 11.6. The van der Waals surface area contributed by atoms with Crippen LogP contribution in [0.1, 0.15) is 36.8 Å². The molecule has 2 aliphatic rings. The molecule has 0 saturated heterocycles. The monoisotopic (exact) mass is 246 g/mol. The molecule has 3 N–H and O–H groups in total. The minimum atomic E-state index is -0.888. The van der Waals surface area contributed by atoms with Gasteiger partial charge < -0.3 is 15.3 Å². The molecule has 2 saturated carbocycles. The summed E-state index contributed by atoms with van der Waals surface area (Å²) >= 11 is 0. The zero-order chi connectivity index (χ0) is 13.1. The Morgan fingerprint density at radius 1 is 1.17 bits per heavy atom. The number of fused-ring (bicyclic) bond motifs is 1. The van der Waals surface area contributed by atoms with Crippen molar-refractivity contribution >= 4 is 0 Å². The number of rotatable bonds is 1. The van der Waals surface area contributed by atoms with Gasteiger partial charge in [0.15, 0.2) is 11.5 Å². The highest BCUT2D eigenvalue weighted by atomic mass is 16.3. The van der Waals surface area contributed by atoms with Gasteiger partial charge in [0.25, 0.3) is 0 Å². The summed E-state index contributed by atoms with van der Waals surface area (Å²) in [5.41, 5.74) is 0.912. The molecule has 18 heavy (non-hydrogen) atoms. The molecule has 2 atom stereocenters. The minimum Gasteiger partial charge on any atom is -0.504 e. The molecule has 2 unspecified atom stereocenters. The van der Waals surface area contributed by atoms with Crippen LogP contribution >= 0.6 is 0 Å². The van der Waals surface area contributed by atoms with E-state index >= 15 is 0 Å². The summed E-state index contributed by atoms with van der Waals surface area (Å²) in [5, 5.41) is 30.5. The summed E-state index contributed by atoms with van der Waals surface area (Å²) in [6, 6.07) is 3.26. The van der Waals surface area contributed by atoms with E-state index in [1.807, 2.05) is 6.92 Å². The van der Waals surface area contributed by atoms with Gasteiger partial charge in [-0.3, -0.25) is 0 Å². The summed E-state index contributed by atoms with van der Waals surface area (Å²) in [4.78, 5) is 0. The lowest BCUT2D eigenvalue weighted by Gasteiger charge is -2.28. The molecule has 0 bridgehead atoms.